The fraction of sp³-hybridized carbons (Fsp3) is 0.353. The number of hydrogen-bond acceptors (Lipinski definition) is 1. The standard InChI is InChI=1S/C17H22O/c1-3-5-6-7-8-9-10-11-12-13-14-15-16-17(18)4-2/h3,5-6,9-12H,1,4,7-8,15-16H2,2H3. The number of unbranched alkanes of at least 4 members (excludes halogenated alkanes) is 1. The number of ketones is 1. The molecule has 0 heterocycles. The van der Waals surface area contributed by atoms with Crippen LogP contribution in [0.2, 0.25) is 0 Å². The molecule has 18 heavy (non-hydrogen) atoms. The summed E-state index contributed by atoms with van der Waals surface area (Å²) in [5, 5.41) is 0. The minimum atomic E-state index is 0.278. The van der Waals surface area contributed by atoms with Crippen LogP contribution in [-0.4, -0.2) is 5.78 Å². The summed E-state index contributed by atoms with van der Waals surface area (Å²) >= 11 is 0. The number of allylic oxidation sites excluding steroid dienone is 7. The Bertz CT molecular complexity index is 372. The van der Waals surface area contributed by atoms with Crippen molar-refractivity contribution >= 4 is 5.78 Å². The first-order chi connectivity index (χ1) is 8.81. The van der Waals surface area contributed by atoms with Crippen molar-refractivity contribution in [1.29, 1.82) is 0 Å². The first-order valence-electron chi connectivity index (χ1n) is 6.40. The molecule has 0 spiro atoms. The van der Waals surface area contributed by atoms with E-state index in [9.17, 15) is 4.79 Å². The van der Waals surface area contributed by atoms with E-state index in [0.29, 0.717) is 19.3 Å². The summed E-state index contributed by atoms with van der Waals surface area (Å²) in [5.74, 6) is 6.15. The summed E-state index contributed by atoms with van der Waals surface area (Å²) in [6.45, 7) is 5.49. The largest absolute Gasteiger partial charge is 0.300 e. The highest BCUT2D eigenvalue weighted by molar-refractivity contribution is 5.78. The smallest absolute Gasteiger partial charge is 0.133 e. The average molecular weight is 242 g/mol. The Balaban J connectivity index is 3.61. The Labute approximate surface area is 111 Å². The quantitative estimate of drug-likeness (QED) is 0.350. The first-order valence-corrected chi connectivity index (χ1v) is 6.40. The van der Waals surface area contributed by atoms with Crippen LogP contribution in [0.1, 0.15) is 39.0 Å². The lowest BCUT2D eigenvalue weighted by atomic mass is 10.2. The first kappa shape index (κ1) is 16.2. The van der Waals surface area contributed by atoms with Crippen LogP contribution in [0.3, 0.4) is 0 Å². The third-order valence-corrected chi connectivity index (χ3v) is 2.22. The molecule has 0 amide bonds. The molecule has 0 unspecified atom stereocenters. The second kappa shape index (κ2) is 13.3. The second-order valence-corrected chi connectivity index (χ2v) is 3.74. The summed E-state index contributed by atoms with van der Waals surface area (Å²) < 4.78 is 0. The van der Waals surface area contributed by atoms with Crippen LogP contribution in [0.5, 0.6) is 0 Å². The zero-order valence-corrected chi connectivity index (χ0v) is 11.2. The Hall–Kier alpha value is -1.81. The molecule has 0 radical (unpaired) electrons. The zero-order chi connectivity index (χ0) is 13.5. The molecule has 1 heteroatoms. The van der Waals surface area contributed by atoms with E-state index in [4.69, 9.17) is 0 Å². The van der Waals surface area contributed by atoms with E-state index in [-0.39, 0.29) is 5.78 Å². The Morgan fingerprint density at radius 3 is 2.56 bits per heavy atom. The SMILES string of the molecule is C=CC=CCCC=CC=CC#CCCC(=O)CC. The molecule has 0 saturated heterocycles. The topological polar surface area (TPSA) is 17.1 Å². The van der Waals surface area contributed by atoms with Gasteiger partial charge in [-0.15, -0.1) is 0 Å². The van der Waals surface area contributed by atoms with Crippen LogP contribution in [0.25, 0.3) is 0 Å². The van der Waals surface area contributed by atoms with Gasteiger partial charge < -0.3 is 0 Å². The van der Waals surface area contributed by atoms with E-state index < -0.39 is 0 Å². The van der Waals surface area contributed by atoms with Crippen molar-refractivity contribution in [3.05, 3.63) is 49.1 Å². The van der Waals surface area contributed by atoms with Crippen LogP contribution >= 0.6 is 0 Å². The van der Waals surface area contributed by atoms with Gasteiger partial charge in [0.2, 0.25) is 0 Å². The molecule has 0 bridgehead atoms. The van der Waals surface area contributed by atoms with E-state index in [1.165, 1.54) is 0 Å². The summed E-state index contributed by atoms with van der Waals surface area (Å²) in [4.78, 5) is 11.0. The van der Waals surface area contributed by atoms with E-state index in [1.54, 1.807) is 6.08 Å². The maximum Gasteiger partial charge on any atom is 0.133 e. The van der Waals surface area contributed by atoms with Crippen molar-refractivity contribution in [3.63, 3.8) is 0 Å². The second-order valence-electron chi connectivity index (χ2n) is 3.74. The third kappa shape index (κ3) is 12.3. The van der Waals surface area contributed by atoms with Gasteiger partial charge in [-0.05, 0) is 18.9 Å². The summed E-state index contributed by atoms with van der Waals surface area (Å²) in [6.07, 6.45) is 17.5. The number of carbonyl (C=O) groups excluding carboxylic acids is 1. The maximum absolute atomic E-state index is 11.0. The summed E-state index contributed by atoms with van der Waals surface area (Å²) in [5.41, 5.74) is 0. The summed E-state index contributed by atoms with van der Waals surface area (Å²) in [7, 11) is 0. The van der Waals surface area contributed by atoms with Gasteiger partial charge in [0.05, 0.1) is 0 Å². The number of rotatable bonds is 8. The van der Waals surface area contributed by atoms with E-state index in [0.717, 1.165) is 12.8 Å². The van der Waals surface area contributed by atoms with Crippen LogP contribution < -0.4 is 0 Å². The highest BCUT2D eigenvalue weighted by atomic mass is 16.1. The minimum absolute atomic E-state index is 0.278. The predicted molar refractivity (Wildman–Crippen MR) is 79.2 cm³/mol. The van der Waals surface area contributed by atoms with Crippen LogP contribution in [0.15, 0.2) is 49.1 Å². The lowest BCUT2D eigenvalue weighted by molar-refractivity contribution is -0.118. The molecule has 0 aliphatic heterocycles. The average Bonchev–Trinajstić information content (AvgIpc) is 2.39. The third-order valence-electron chi connectivity index (χ3n) is 2.22. The Morgan fingerprint density at radius 1 is 1.17 bits per heavy atom. The van der Waals surface area contributed by atoms with Gasteiger partial charge >= 0.3 is 0 Å². The predicted octanol–water partition coefficient (Wildman–Crippen LogP) is 4.38. The molecule has 0 aliphatic rings. The van der Waals surface area contributed by atoms with Gasteiger partial charge in [-0.2, -0.15) is 0 Å². The number of carbonyl (C=O) groups is 1. The highest BCUT2D eigenvalue weighted by Gasteiger charge is 1.93. The molecule has 0 aliphatic carbocycles. The molecular weight excluding hydrogens is 220 g/mol. The van der Waals surface area contributed by atoms with Crippen molar-refractivity contribution in [2.75, 3.05) is 0 Å². The molecule has 0 aromatic carbocycles. The van der Waals surface area contributed by atoms with Crippen LogP contribution in [0, 0.1) is 11.8 Å². The van der Waals surface area contributed by atoms with Crippen molar-refractivity contribution in [1.82, 2.24) is 0 Å². The molecule has 96 valence electrons. The Morgan fingerprint density at radius 2 is 1.89 bits per heavy atom. The lowest BCUT2D eigenvalue weighted by Crippen LogP contribution is -1.92. The van der Waals surface area contributed by atoms with Gasteiger partial charge in [0.15, 0.2) is 0 Å². The van der Waals surface area contributed by atoms with Gasteiger partial charge in [0, 0.05) is 19.3 Å². The highest BCUT2D eigenvalue weighted by Crippen LogP contribution is 1.94. The fourth-order valence-corrected chi connectivity index (χ4v) is 1.17. The molecule has 0 rings (SSSR count). The van der Waals surface area contributed by atoms with Gasteiger partial charge in [-0.25, -0.2) is 0 Å². The minimum Gasteiger partial charge on any atom is -0.300 e. The number of Topliss-reactive ketones (excluding diaryl/α,β-unsaturated/α-hetero) is 1. The van der Waals surface area contributed by atoms with Gasteiger partial charge in [-0.3, -0.25) is 4.79 Å². The number of hydrogen-bond donors (Lipinski definition) is 0. The van der Waals surface area contributed by atoms with Gasteiger partial charge in [-0.1, -0.05) is 61.8 Å². The van der Waals surface area contributed by atoms with Crippen LogP contribution in [0.4, 0.5) is 0 Å². The molecule has 1 nitrogen and oxygen atoms in total. The summed E-state index contributed by atoms with van der Waals surface area (Å²) in [6, 6.07) is 0. The monoisotopic (exact) mass is 242 g/mol. The fourth-order valence-electron chi connectivity index (χ4n) is 1.17. The van der Waals surface area contributed by atoms with E-state index in [2.05, 4.69) is 30.6 Å². The van der Waals surface area contributed by atoms with Crippen molar-refractivity contribution < 1.29 is 4.79 Å². The molecule has 0 N–H and O–H groups in total. The van der Waals surface area contributed by atoms with E-state index in [1.807, 2.05) is 31.2 Å². The van der Waals surface area contributed by atoms with Crippen LogP contribution in [-0.2, 0) is 4.79 Å². The molecule has 0 fully saturated rings. The molecule has 0 aromatic rings. The van der Waals surface area contributed by atoms with Crippen molar-refractivity contribution in [2.24, 2.45) is 0 Å². The zero-order valence-electron chi connectivity index (χ0n) is 11.2. The molecular formula is C17H22O. The maximum atomic E-state index is 11.0. The lowest BCUT2D eigenvalue weighted by Gasteiger charge is -1.87. The molecule has 0 atom stereocenters. The van der Waals surface area contributed by atoms with E-state index >= 15 is 0 Å². The van der Waals surface area contributed by atoms with Gasteiger partial charge in [0.1, 0.15) is 5.78 Å². The van der Waals surface area contributed by atoms with Crippen molar-refractivity contribution in [2.45, 2.75) is 39.0 Å². The van der Waals surface area contributed by atoms with Crippen molar-refractivity contribution in [3.8, 4) is 11.8 Å². The molecule has 0 saturated carbocycles. The normalized spacial score (nSPS) is 10.9. The molecule has 0 aromatic heterocycles. The Kier molecular flexibility index (Phi) is 11.9. The van der Waals surface area contributed by atoms with Gasteiger partial charge in [0.25, 0.3) is 0 Å².